The molecule has 2 rings (SSSR count). The lowest BCUT2D eigenvalue weighted by Gasteiger charge is -2.10. The van der Waals surface area contributed by atoms with E-state index in [1.54, 1.807) is 11.3 Å². The molecule has 1 aromatic rings. The molecule has 1 saturated carbocycles. The summed E-state index contributed by atoms with van der Waals surface area (Å²) in [5.41, 5.74) is 0. The highest BCUT2D eigenvalue weighted by Crippen LogP contribution is 2.31. The fraction of sp³-hybridized carbons (Fsp3) is 0.538. The number of rotatable bonds is 5. The molecule has 1 aromatic heterocycles. The van der Waals surface area contributed by atoms with Crippen molar-refractivity contribution in [3.05, 3.63) is 20.8 Å². The van der Waals surface area contributed by atoms with Gasteiger partial charge >= 0.3 is 5.97 Å². The zero-order valence-electron chi connectivity index (χ0n) is 10.4. The summed E-state index contributed by atoms with van der Waals surface area (Å²) >= 11 is 5.07. The molecule has 4 nitrogen and oxygen atoms in total. The van der Waals surface area contributed by atoms with Crippen LogP contribution in [0.25, 0.3) is 0 Å². The minimum absolute atomic E-state index is 0.000582. The van der Waals surface area contributed by atoms with Gasteiger partial charge in [-0.2, -0.15) is 0 Å². The monoisotopic (exact) mass is 345 g/mol. The normalized spacial score (nSPS) is 22.4. The highest BCUT2D eigenvalue weighted by molar-refractivity contribution is 9.11. The van der Waals surface area contributed by atoms with Crippen LogP contribution in [0.5, 0.6) is 0 Å². The molecule has 1 aliphatic carbocycles. The second-order valence-corrected chi connectivity index (χ2v) is 7.34. The van der Waals surface area contributed by atoms with E-state index in [1.165, 1.54) is 4.88 Å². The zero-order chi connectivity index (χ0) is 13.8. The molecule has 0 aliphatic heterocycles. The van der Waals surface area contributed by atoms with E-state index in [2.05, 4.69) is 21.2 Å². The van der Waals surface area contributed by atoms with E-state index in [9.17, 15) is 9.59 Å². The van der Waals surface area contributed by atoms with Gasteiger partial charge in [0, 0.05) is 17.3 Å². The van der Waals surface area contributed by atoms with Gasteiger partial charge in [0.25, 0.3) is 0 Å². The minimum Gasteiger partial charge on any atom is -0.481 e. The highest BCUT2D eigenvalue weighted by atomic mass is 79.9. The van der Waals surface area contributed by atoms with Crippen molar-refractivity contribution in [2.45, 2.75) is 25.7 Å². The molecule has 0 bridgehead atoms. The van der Waals surface area contributed by atoms with Crippen LogP contribution in [0.1, 0.15) is 24.1 Å². The molecule has 0 unspecified atom stereocenters. The van der Waals surface area contributed by atoms with Crippen LogP contribution in [0, 0.1) is 11.8 Å². The van der Waals surface area contributed by atoms with Gasteiger partial charge in [-0.3, -0.25) is 9.59 Å². The quantitative estimate of drug-likeness (QED) is 0.861. The van der Waals surface area contributed by atoms with Crippen LogP contribution >= 0.6 is 27.3 Å². The molecule has 6 heteroatoms. The number of carboxylic acid groups (broad SMARTS) is 1. The van der Waals surface area contributed by atoms with Gasteiger partial charge in [-0.25, -0.2) is 0 Å². The van der Waals surface area contributed by atoms with Crippen LogP contribution < -0.4 is 5.32 Å². The molecule has 0 spiro atoms. The van der Waals surface area contributed by atoms with Crippen LogP contribution in [0.2, 0.25) is 0 Å². The third-order valence-corrected chi connectivity index (χ3v) is 5.14. The first-order chi connectivity index (χ1) is 9.06. The van der Waals surface area contributed by atoms with Gasteiger partial charge in [0.1, 0.15) is 0 Å². The predicted molar refractivity (Wildman–Crippen MR) is 77.2 cm³/mol. The largest absolute Gasteiger partial charge is 0.481 e. The molecule has 0 radical (unpaired) electrons. The molecule has 2 atom stereocenters. The minimum atomic E-state index is -0.779. The molecule has 0 saturated heterocycles. The number of halogens is 1. The maximum Gasteiger partial charge on any atom is 0.306 e. The molecule has 1 aliphatic rings. The second-order valence-electron chi connectivity index (χ2n) is 4.79. The lowest BCUT2D eigenvalue weighted by Crippen LogP contribution is -2.31. The average Bonchev–Trinajstić information content (AvgIpc) is 2.98. The Morgan fingerprint density at radius 2 is 2.11 bits per heavy atom. The van der Waals surface area contributed by atoms with Crippen molar-refractivity contribution in [3.8, 4) is 0 Å². The number of carbonyl (C=O) groups excluding carboxylic acids is 1. The smallest absolute Gasteiger partial charge is 0.306 e. The van der Waals surface area contributed by atoms with Gasteiger partial charge < -0.3 is 10.4 Å². The first-order valence-electron chi connectivity index (χ1n) is 6.31. The van der Waals surface area contributed by atoms with Crippen LogP contribution in [0.3, 0.4) is 0 Å². The average molecular weight is 346 g/mol. The Morgan fingerprint density at radius 1 is 1.37 bits per heavy atom. The van der Waals surface area contributed by atoms with Crippen molar-refractivity contribution in [2.75, 3.05) is 6.54 Å². The number of amides is 1. The van der Waals surface area contributed by atoms with Crippen LogP contribution in [0.4, 0.5) is 0 Å². The summed E-state index contributed by atoms with van der Waals surface area (Å²) in [6, 6.07) is 4.03. The number of hydrogen-bond donors (Lipinski definition) is 2. The number of thiophene rings is 1. The first kappa shape index (κ1) is 14.5. The Balaban J connectivity index is 1.72. The molecule has 1 heterocycles. The number of nitrogens with one attached hydrogen (secondary N) is 1. The summed E-state index contributed by atoms with van der Waals surface area (Å²) < 4.78 is 1.09. The zero-order valence-corrected chi connectivity index (χ0v) is 12.8. The summed E-state index contributed by atoms with van der Waals surface area (Å²) in [5.74, 6) is -1.25. The molecule has 104 valence electrons. The Hall–Kier alpha value is -0.880. The molecule has 19 heavy (non-hydrogen) atoms. The van der Waals surface area contributed by atoms with E-state index in [0.717, 1.165) is 10.2 Å². The molecule has 1 fully saturated rings. The molecule has 1 amide bonds. The van der Waals surface area contributed by atoms with Crippen molar-refractivity contribution in [2.24, 2.45) is 11.8 Å². The number of carbonyl (C=O) groups is 2. The van der Waals surface area contributed by atoms with Gasteiger partial charge in [-0.15, -0.1) is 11.3 Å². The second kappa shape index (κ2) is 6.52. The van der Waals surface area contributed by atoms with E-state index in [-0.39, 0.29) is 17.7 Å². The number of carboxylic acids is 1. The number of hydrogen-bond acceptors (Lipinski definition) is 3. The van der Waals surface area contributed by atoms with Crippen molar-refractivity contribution in [1.29, 1.82) is 0 Å². The van der Waals surface area contributed by atoms with Crippen LogP contribution in [0.15, 0.2) is 15.9 Å². The first-order valence-corrected chi connectivity index (χ1v) is 7.92. The SMILES string of the molecule is O=C(O)[C@@H]1CC[C@H](C(=O)NCCc2ccc(Br)s2)C1. The lowest BCUT2D eigenvalue weighted by atomic mass is 10.0. The predicted octanol–water partition coefficient (Wildman–Crippen LogP) is 2.67. The standard InChI is InChI=1S/C13H16BrNO3S/c14-11-4-3-10(19-11)5-6-15-12(16)8-1-2-9(7-8)13(17)18/h3-4,8-9H,1-2,5-7H2,(H,15,16)(H,17,18)/t8-,9+/m0/s1. The van der Waals surface area contributed by atoms with Crippen molar-refractivity contribution in [1.82, 2.24) is 5.32 Å². The van der Waals surface area contributed by atoms with Crippen molar-refractivity contribution < 1.29 is 14.7 Å². The van der Waals surface area contributed by atoms with E-state index in [1.807, 2.05) is 12.1 Å². The maximum atomic E-state index is 11.9. The molecular formula is C13H16BrNO3S. The number of aliphatic carboxylic acids is 1. The fourth-order valence-corrected chi connectivity index (χ4v) is 3.87. The van der Waals surface area contributed by atoms with Crippen molar-refractivity contribution >= 4 is 39.1 Å². The third-order valence-electron chi connectivity index (χ3n) is 3.45. The van der Waals surface area contributed by atoms with Crippen molar-refractivity contribution in [3.63, 3.8) is 0 Å². The summed E-state index contributed by atoms with van der Waals surface area (Å²) in [4.78, 5) is 24.0. The van der Waals surface area contributed by atoms with Crippen LogP contribution in [-0.2, 0) is 16.0 Å². The summed E-state index contributed by atoms with van der Waals surface area (Å²) in [6.07, 6.45) is 2.60. The van der Waals surface area contributed by atoms with Gasteiger partial charge in [-0.05, 0) is 53.7 Å². The third kappa shape index (κ3) is 4.04. The summed E-state index contributed by atoms with van der Waals surface area (Å²) in [7, 11) is 0. The topological polar surface area (TPSA) is 66.4 Å². The summed E-state index contributed by atoms with van der Waals surface area (Å²) in [5, 5.41) is 11.8. The maximum absolute atomic E-state index is 11.9. The summed E-state index contributed by atoms with van der Waals surface area (Å²) in [6.45, 7) is 0.611. The van der Waals surface area contributed by atoms with Gasteiger partial charge in [0.05, 0.1) is 9.70 Å². The Kier molecular flexibility index (Phi) is 4.99. The highest BCUT2D eigenvalue weighted by Gasteiger charge is 2.33. The van der Waals surface area contributed by atoms with E-state index < -0.39 is 5.97 Å². The molecular weight excluding hydrogens is 330 g/mol. The Bertz CT molecular complexity index is 474. The van der Waals surface area contributed by atoms with Gasteiger partial charge in [0.2, 0.25) is 5.91 Å². The molecule has 2 N–H and O–H groups in total. The van der Waals surface area contributed by atoms with E-state index in [4.69, 9.17) is 5.11 Å². The lowest BCUT2D eigenvalue weighted by molar-refractivity contribution is -0.141. The molecule has 0 aromatic carbocycles. The van der Waals surface area contributed by atoms with E-state index >= 15 is 0 Å². The van der Waals surface area contributed by atoms with Gasteiger partial charge in [-0.1, -0.05) is 0 Å². The van der Waals surface area contributed by atoms with E-state index in [0.29, 0.717) is 25.8 Å². The van der Waals surface area contributed by atoms with Gasteiger partial charge in [0.15, 0.2) is 0 Å². The van der Waals surface area contributed by atoms with Crippen LogP contribution in [-0.4, -0.2) is 23.5 Å². The fourth-order valence-electron chi connectivity index (χ4n) is 2.38. The Labute approximate surface area is 124 Å². The Morgan fingerprint density at radius 3 is 2.68 bits per heavy atom.